The van der Waals surface area contributed by atoms with Gasteiger partial charge in [-0.3, -0.25) is 9.59 Å². The van der Waals surface area contributed by atoms with Crippen molar-refractivity contribution >= 4 is 21.9 Å². The Morgan fingerprint density at radius 3 is 2.48 bits per heavy atom. The first kappa shape index (κ1) is 22.9. The second-order valence-electron chi connectivity index (χ2n) is 6.03. The van der Waals surface area contributed by atoms with Crippen molar-refractivity contribution in [2.45, 2.75) is 31.3 Å². The number of carbonyl (C=O) groups excluding carboxylic acids is 2. The first-order valence-electron chi connectivity index (χ1n) is 8.01. The van der Waals surface area contributed by atoms with E-state index in [-0.39, 0.29) is 18.9 Å². The minimum absolute atomic E-state index is 0.231. The molecule has 0 heterocycles. The highest BCUT2D eigenvalue weighted by Gasteiger charge is 2.31. The molecule has 1 aromatic rings. The molecule has 0 unspecified atom stereocenters. The number of hydrogen-bond acceptors (Lipinski definition) is 5. The van der Waals surface area contributed by atoms with Crippen LogP contribution in [0, 0.1) is 5.92 Å². The van der Waals surface area contributed by atoms with Crippen LogP contribution in [0.5, 0.6) is 0 Å². The number of carbonyl (C=O) groups is 2. The SMILES string of the molecule is CC(C)CNC(=O)COC(=O)CCNS(=O)(=O)c1cccc(C(F)(F)F)c1. The molecule has 1 rings (SSSR count). The first-order valence-corrected chi connectivity index (χ1v) is 9.49. The molecular formula is C16H21F3N2O5S. The summed E-state index contributed by atoms with van der Waals surface area (Å²) in [5.74, 6) is -1.07. The fourth-order valence-electron chi connectivity index (χ4n) is 1.80. The number of hydrogen-bond donors (Lipinski definition) is 2. The smallest absolute Gasteiger partial charge is 0.416 e. The molecule has 1 aromatic carbocycles. The van der Waals surface area contributed by atoms with Crippen LogP contribution in [0.3, 0.4) is 0 Å². The van der Waals surface area contributed by atoms with Crippen LogP contribution >= 0.6 is 0 Å². The van der Waals surface area contributed by atoms with Crippen molar-refractivity contribution in [2.24, 2.45) is 5.92 Å². The van der Waals surface area contributed by atoms with Crippen molar-refractivity contribution in [3.8, 4) is 0 Å². The fourth-order valence-corrected chi connectivity index (χ4v) is 2.87. The number of esters is 1. The Morgan fingerprint density at radius 1 is 1.22 bits per heavy atom. The minimum Gasteiger partial charge on any atom is -0.456 e. The zero-order valence-electron chi connectivity index (χ0n) is 14.8. The summed E-state index contributed by atoms with van der Waals surface area (Å²) in [6, 6.07) is 3.23. The van der Waals surface area contributed by atoms with Gasteiger partial charge in [-0.2, -0.15) is 13.2 Å². The number of ether oxygens (including phenoxy) is 1. The van der Waals surface area contributed by atoms with E-state index >= 15 is 0 Å². The number of benzene rings is 1. The summed E-state index contributed by atoms with van der Waals surface area (Å²) in [6.45, 7) is 3.33. The number of amides is 1. The van der Waals surface area contributed by atoms with Gasteiger partial charge < -0.3 is 10.1 Å². The van der Waals surface area contributed by atoms with E-state index in [9.17, 15) is 31.2 Å². The third-order valence-electron chi connectivity index (χ3n) is 3.16. The maximum Gasteiger partial charge on any atom is 0.416 e. The van der Waals surface area contributed by atoms with Crippen molar-refractivity contribution in [3.63, 3.8) is 0 Å². The zero-order valence-corrected chi connectivity index (χ0v) is 15.6. The van der Waals surface area contributed by atoms with Crippen LogP contribution < -0.4 is 10.0 Å². The zero-order chi connectivity index (χ0) is 20.7. The molecule has 0 radical (unpaired) electrons. The van der Waals surface area contributed by atoms with Crippen LogP contribution in [-0.2, 0) is 30.5 Å². The minimum atomic E-state index is -4.68. The average molecular weight is 410 g/mol. The molecule has 0 spiro atoms. The number of nitrogens with one attached hydrogen (secondary N) is 2. The van der Waals surface area contributed by atoms with E-state index in [0.717, 1.165) is 18.2 Å². The molecular weight excluding hydrogens is 389 g/mol. The molecule has 0 aliphatic rings. The van der Waals surface area contributed by atoms with Gasteiger partial charge in [0, 0.05) is 13.1 Å². The molecule has 0 aliphatic carbocycles. The highest BCUT2D eigenvalue weighted by atomic mass is 32.2. The Kier molecular flexibility index (Phi) is 8.22. The highest BCUT2D eigenvalue weighted by Crippen LogP contribution is 2.30. The van der Waals surface area contributed by atoms with Gasteiger partial charge in [0.15, 0.2) is 6.61 Å². The lowest BCUT2D eigenvalue weighted by Gasteiger charge is -2.10. The Morgan fingerprint density at radius 2 is 1.89 bits per heavy atom. The van der Waals surface area contributed by atoms with Gasteiger partial charge in [-0.15, -0.1) is 0 Å². The van der Waals surface area contributed by atoms with Crippen LogP contribution in [-0.4, -0.2) is 40.0 Å². The van der Waals surface area contributed by atoms with Gasteiger partial charge in [0.25, 0.3) is 5.91 Å². The lowest BCUT2D eigenvalue weighted by molar-refractivity contribution is -0.148. The van der Waals surface area contributed by atoms with Crippen molar-refractivity contribution in [1.82, 2.24) is 10.0 Å². The molecule has 11 heteroatoms. The summed E-state index contributed by atoms with van der Waals surface area (Å²) in [6.07, 6.45) is -5.05. The highest BCUT2D eigenvalue weighted by molar-refractivity contribution is 7.89. The Labute approximate surface area is 155 Å². The lowest BCUT2D eigenvalue weighted by atomic mass is 10.2. The quantitative estimate of drug-likeness (QED) is 0.604. The summed E-state index contributed by atoms with van der Waals surface area (Å²) >= 11 is 0. The van der Waals surface area contributed by atoms with Crippen LogP contribution in [0.2, 0.25) is 0 Å². The number of alkyl halides is 3. The molecule has 2 N–H and O–H groups in total. The van der Waals surface area contributed by atoms with E-state index in [2.05, 4.69) is 10.1 Å². The standard InChI is InChI=1S/C16H21F3N2O5S/c1-11(2)9-20-14(22)10-26-15(23)6-7-21-27(24,25)13-5-3-4-12(8-13)16(17,18)19/h3-5,8,11,21H,6-7,9-10H2,1-2H3,(H,20,22). The molecule has 1 amide bonds. The van der Waals surface area contributed by atoms with Crippen molar-refractivity contribution in [1.29, 1.82) is 0 Å². The van der Waals surface area contributed by atoms with E-state index in [4.69, 9.17) is 0 Å². The van der Waals surface area contributed by atoms with Crippen LogP contribution in [0.25, 0.3) is 0 Å². The topological polar surface area (TPSA) is 102 Å². The number of halogens is 3. The number of sulfonamides is 1. The summed E-state index contributed by atoms with van der Waals surface area (Å²) < 4.78 is 68.7. The third kappa shape index (κ3) is 8.39. The first-order chi connectivity index (χ1) is 12.4. The molecule has 0 aromatic heterocycles. The van der Waals surface area contributed by atoms with Gasteiger partial charge >= 0.3 is 12.1 Å². The summed E-state index contributed by atoms with van der Waals surface area (Å²) in [5.41, 5.74) is -1.10. The maximum atomic E-state index is 12.7. The average Bonchev–Trinajstić information content (AvgIpc) is 2.57. The van der Waals surface area contributed by atoms with Crippen LogP contribution in [0.4, 0.5) is 13.2 Å². The van der Waals surface area contributed by atoms with Gasteiger partial charge in [-0.1, -0.05) is 19.9 Å². The molecule has 0 bridgehead atoms. The number of rotatable bonds is 9. The van der Waals surface area contributed by atoms with Gasteiger partial charge in [-0.05, 0) is 24.1 Å². The van der Waals surface area contributed by atoms with Crippen molar-refractivity contribution in [2.75, 3.05) is 19.7 Å². The van der Waals surface area contributed by atoms with Crippen LogP contribution in [0.1, 0.15) is 25.8 Å². The second kappa shape index (κ2) is 9.70. The molecule has 7 nitrogen and oxygen atoms in total. The van der Waals surface area contributed by atoms with Gasteiger partial charge in [0.2, 0.25) is 10.0 Å². The normalized spacial score (nSPS) is 12.1. The summed E-state index contributed by atoms with van der Waals surface area (Å²) in [4.78, 5) is 22.3. The summed E-state index contributed by atoms with van der Waals surface area (Å²) in [7, 11) is -4.23. The lowest BCUT2D eigenvalue weighted by Crippen LogP contribution is -2.32. The van der Waals surface area contributed by atoms with E-state index in [0.29, 0.717) is 12.6 Å². The van der Waals surface area contributed by atoms with E-state index in [1.807, 2.05) is 18.6 Å². The van der Waals surface area contributed by atoms with Crippen molar-refractivity contribution in [3.05, 3.63) is 29.8 Å². The second-order valence-corrected chi connectivity index (χ2v) is 7.80. The van der Waals surface area contributed by atoms with E-state index in [1.54, 1.807) is 0 Å². The van der Waals surface area contributed by atoms with E-state index in [1.165, 1.54) is 0 Å². The van der Waals surface area contributed by atoms with Crippen molar-refractivity contribution < 1.29 is 35.9 Å². The molecule has 0 fully saturated rings. The fraction of sp³-hybridized carbons (Fsp3) is 0.500. The van der Waals surface area contributed by atoms with E-state index < -0.39 is 45.1 Å². The predicted molar refractivity (Wildman–Crippen MR) is 90.1 cm³/mol. The predicted octanol–water partition coefficient (Wildman–Crippen LogP) is 1.69. The monoisotopic (exact) mass is 410 g/mol. The largest absolute Gasteiger partial charge is 0.456 e. The Bertz CT molecular complexity index is 764. The third-order valence-corrected chi connectivity index (χ3v) is 4.62. The maximum absolute atomic E-state index is 12.7. The van der Waals surface area contributed by atoms with Gasteiger partial charge in [0.1, 0.15) is 0 Å². The van der Waals surface area contributed by atoms with Crippen LogP contribution in [0.15, 0.2) is 29.2 Å². The van der Waals surface area contributed by atoms with Gasteiger partial charge in [-0.25, -0.2) is 13.1 Å². The Hall–Kier alpha value is -2.14. The van der Waals surface area contributed by atoms with Gasteiger partial charge in [0.05, 0.1) is 16.9 Å². The molecule has 0 aliphatic heterocycles. The summed E-state index contributed by atoms with van der Waals surface area (Å²) in [5, 5.41) is 2.54. The molecule has 0 atom stereocenters. The molecule has 27 heavy (non-hydrogen) atoms. The molecule has 152 valence electrons. The molecule has 0 saturated carbocycles. The Balaban J connectivity index is 2.49. The molecule has 0 saturated heterocycles.